The molecule has 1 saturated heterocycles. The summed E-state index contributed by atoms with van der Waals surface area (Å²) in [4.78, 5) is 12.8. The van der Waals surface area contributed by atoms with Crippen LogP contribution in [0.4, 0.5) is 5.82 Å². The molecule has 0 spiro atoms. The average molecular weight is 287 g/mol. The van der Waals surface area contributed by atoms with E-state index in [9.17, 15) is 0 Å². The van der Waals surface area contributed by atoms with Crippen LogP contribution < -0.4 is 4.90 Å². The molecule has 106 valence electrons. The van der Waals surface area contributed by atoms with Crippen molar-refractivity contribution in [3.05, 3.63) is 17.8 Å². The van der Waals surface area contributed by atoms with Crippen molar-refractivity contribution in [2.75, 3.05) is 11.4 Å². The molecule has 0 amide bonds. The van der Waals surface area contributed by atoms with E-state index in [1.54, 1.807) is 17.7 Å². The summed E-state index contributed by atoms with van der Waals surface area (Å²) in [6.45, 7) is 1.17. The molecule has 4 rings (SSSR count). The molecule has 2 aromatic heterocycles. The number of aromatic nitrogens is 2. The predicted octanol–water partition coefficient (Wildman–Crippen LogP) is 4.24. The topological polar surface area (TPSA) is 29.0 Å². The fourth-order valence-corrected chi connectivity index (χ4v) is 4.79. The van der Waals surface area contributed by atoms with Crippen LogP contribution >= 0.6 is 11.3 Å². The summed E-state index contributed by atoms with van der Waals surface area (Å²) in [6.07, 6.45) is 11.4. The first-order valence-electron chi connectivity index (χ1n) is 7.88. The molecule has 2 atom stereocenters. The quantitative estimate of drug-likeness (QED) is 0.785. The van der Waals surface area contributed by atoms with Crippen molar-refractivity contribution < 1.29 is 0 Å². The summed E-state index contributed by atoms with van der Waals surface area (Å²) in [5, 5.41) is 3.39. The van der Waals surface area contributed by atoms with Crippen LogP contribution in [0.2, 0.25) is 0 Å². The zero-order valence-corrected chi connectivity index (χ0v) is 12.6. The number of thiophene rings is 1. The lowest BCUT2D eigenvalue weighted by Crippen LogP contribution is -2.42. The first-order valence-corrected chi connectivity index (χ1v) is 8.76. The molecule has 2 unspecified atom stereocenters. The average Bonchev–Trinajstić information content (AvgIpc) is 2.87. The summed E-state index contributed by atoms with van der Waals surface area (Å²) >= 11 is 1.72. The largest absolute Gasteiger partial charge is 0.353 e. The van der Waals surface area contributed by atoms with E-state index in [2.05, 4.69) is 26.3 Å². The van der Waals surface area contributed by atoms with Crippen LogP contribution in [0.15, 0.2) is 17.8 Å². The maximum atomic E-state index is 4.66. The lowest BCUT2D eigenvalue weighted by molar-refractivity contribution is 0.291. The van der Waals surface area contributed by atoms with Crippen LogP contribution in [0.3, 0.4) is 0 Å². The Labute approximate surface area is 124 Å². The Balaban J connectivity index is 1.76. The minimum atomic E-state index is 0.712. The Kier molecular flexibility index (Phi) is 3.34. The standard InChI is InChI=1S/C16H21N3S/c1-2-7-14-12(5-1)6-3-4-9-19(14)15-13-8-10-20-16(13)18-11-17-15/h8,10-12,14H,1-7,9H2. The van der Waals surface area contributed by atoms with Crippen LogP contribution in [0.1, 0.15) is 44.9 Å². The highest BCUT2D eigenvalue weighted by Crippen LogP contribution is 2.38. The highest BCUT2D eigenvalue weighted by atomic mass is 32.1. The third-order valence-corrected chi connectivity index (χ3v) is 5.83. The lowest BCUT2D eigenvalue weighted by Gasteiger charge is -2.39. The van der Waals surface area contributed by atoms with E-state index in [4.69, 9.17) is 0 Å². The molecule has 2 fully saturated rings. The monoisotopic (exact) mass is 287 g/mol. The summed E-state index contributed by atoms with van der Waals surface area (Å²) in [7, 11) is 0. The van der Waals surface area contributed by atoms with Crippen molar-refractivity contribution in [3.63, 3.8) is 0 Å². The van der Waals surface area contributed by atoms with Crippen molar-refractivity contribution in [1.82, 2.24) is 9.97 Å². The van der Waals surface area contributed by atoms with Gasteiger partial charge < -0.3 is 4.90 Å². The number of rotatable bonds is 1. The number of fused-ring (bicyclic) bond motifs is 2. The van der Waals surface area contributed by atoms with Gasteiger partial charge in [0.1, 0.15) is 17.0 Å². The van der Waals surface area contributed by atoms with Gasteiger partial charge in [0.15, 0.2) is 0 Å². The van der Waals surface area contributed by atoms with Crippen LogP contribution in [-0.2, 0) is 0 Å². The highest BCUT2D eigenvalue weighted by molar-refractivity contribution is 7.16. The van der Waals surface area contributed by atoms with Crippen molar-refractivity contribution in [3.8, 4) is 0 Å². The van der Waals surface area contributed by atoms with Crippen LogP contribution in [-0.4, -0.2) is 22.6 Å². The smallest absolute Gasteiger partial charge is 0.141 e. The van der Waals surface area contributed by atoms with Crippen molar-refractivity contribution in [2.24, 2.45) is 5.92 Å². The Morgan fingerprint density at radius 3 is 2.85 bits per heavy atom. The SMILES string of the molecule is c1nc(N2CCCCC3CCCCC32)c2ccsc2n1. The van der Waals surface area contributed by atoms with E-state index in [1.165, 1.54) is 62.7 Å². The first-order chi connectivity index (χ1) is 9.93. The molecule has 0 bridgehead atoms. The van der Waals surface area contributed by atoms with E-state index in [-0.39, 0.29) is 0 Å². The second-order valence-electron chi connectivity index (χ2n) is 6.14. The predicted molar refractivity (Wildman–Crippen MR) is 84.4 cm³/mol. The van der Waals surface area contributed by atoms with Gasteiger partial charge in [-0.15, -0.1) is 11.3 Å². The van der Waals surface area contributed by atoms with Crippen LogP contribution in [0, 0.1) is 5.92 Å². The maximum Gasteiger partial charge on any atom is 0.141 e. The number of hydrogen-bond donors (Lipinski definition) is 0. The third-order valence-electron chi connectivity index (χ3n) is 5.01. The molecular formula is C16H21N3S. The zero-order valence-electron chi connectivity index (χ0n) is 11.8. The van der Waals surface area contributed by atoms with Crippen molar-refractivity contribution >= 4 is 27.4 Å². The van der Waals surface area contributed by atoms with Gasteiger partial charge in [-0.3, -0.25) is 0 Å². The number of hydrogen-bond acceptors (Lipinski definition) is 4. The molecule has 1 aliphatic heterocycles. The third kappa shape index (κ3) is 2.10. The molecule has 0 radical (unpaired) electrons. The normalized spacial score (nSPS) is 27.3. The van der Waals surface area contributed by atoms with Gasteiger partial charge in [-0.1, -0.05) is 19.3 Å². The second kappa shape index (κ2) is 5.32. The van der Waals surface area contributed by atoms with Gasteiger partial charge in [0, 0.05) is 12.6 Å². The Morgan fingerprint density at radius 2 is 1.90 bits per heavy atom. The number of nitrogens with zero attached hydrogens (tertiary/aromatic N) is 3. The molecule has 4 heteroatoms. The zero-order chi connectivity index (χ0) is 13.4. The summed E-state index contributed by atoms with van der Waals surface area (Å²) < 4.78 is 0. The van der Waals surface area contributed by atoms with Gasteiger partial charge in [-0.05, 0) is 43.0 Å². The molecule has 0 N–H and O–H groups in total. The second-order valence-corrected chi connectivity index (χ2v) is 7.03. The maximum absolute atomic E-state index is 4.66. The fraction of sp³-hybridized carbons (Fsp3) is 0.625. The minimum Gasteiger partial charge on any atom is -0.353 e. The van der Waals surface area contributed by atoms with Gasteiger partial charge in [-0.25, -0.2) is 9.97 Å². The van der Waals surface area contributed by atoms with E-state index < -0.39 is 0 Å². The fourth-order valence-electron chi connectivity index (χ4n) is 4.06. The lowest BCUT2D eigenvalue weighted by atomic mass is 9.81. The Hall–Kier alpha value is -1.16. The van der Waals surface area contributed by atoms with E-state index in [0.29, 0.717) is 6.04 Å². The van der Waals surface area contributed by atoms with Crippen molar-refractivity contribution in [1.29, 1.82) is 0 Å². The van der Waals surface area contributed by atoms with E-state index in [0.717, 1.165) is 10.7 Å². The van der Waals surface area contributed by atoms with E-state index in [1.807, 2.05) is 0 Å². The summed E-state index contributed by atoms with van der Waals surface area (Å²) in [6, 6.07) is 2.90. The molecule has 2 aromatic rings. The van der Waals surface area contributed by atoms with Gasteiger partial charge >= 0.3 is 0 Å². The Morgan fingerprint density at radius 1 is 1.05 bits per heavy atom. The molecule has 1 aliphatic carbocycles. The molecular weight excluding hydrogens is 266 g/mol. The van der Waals surface area contributed by atoms with Gasteiger partial charge in [0.05, 0.1) is 5.39 Å². The minimum absolute atomic E-state index is 0.712. The van der Waals surface area contributed by atoms with Gasteiger partial charge in [0.25, 0.3) is 0 Å². The van der Waals surface area contributed by atoms with Gasteiger partial charge in [0.2, 0.25) is 0 Å². The molecule has 3 heterocycles. The van der Waals surface area contributed by atoms with Crippen molar-refractivity contribution in [2.45, 2.75) is 51.0 Å². The molecule has 20 heavy (non-hydrogen) atoms. The van der Waals surface area contributed by atoms with Crippen LogP contribution in [0.5, 0.6) is 0 Å². The van der Waals surface area contributed by atoms with E-state index >= 15 is 0 Å². The molecule has 1 saturated carbocycles. The summed E-state index contributed by atoms with van der Waals surface area (Å²) in [5.41, 5.74) is 0. The Bertz CT molecular complexity index is 594. The molecule has 2 aliphatic rings. The first kappa shape index (κ1) is 12.6. The highest BCUT2D eigenvalue weighted by Gasteiger charge is 2.33. The number of anilines is 1. The van der Waals surface area contributed by atoms with Gasteiger partial charge in [-0.2, -0.15) is 0 Å². The summed E-state index contributed by atoms with van der Waals surface area (Å²) in [5.74, 6) is 2.07. The van der Waals surface area contributed by atoms with Crippen LogP contribution in [0.25, 0.3) is 10.2 Å². The molecule has 3 nitrogen and oxygen atoms in total. The molecule has 0 aromatic carbocycles.